The number of nitrogens with zero attached hydrogens (tertiary/aromatic N) is 2. The number of cyclic esters (lactones) is 1. The molecule has 0 bridgehead atoms. The van der Waals surface area contributed by atoms with Gasteiger partial charge in [0, 0.05) is 0 Å². The molecule has 1 aliphatic heterocycles. The lowest BCUT2D eigenvalue weighted by Gasteiger charge is -2.36. The van der Waals surface area contributed by atoms with Crippen LogP contribution in [-0.4, -0.2) is 44.7 Å². The van der Waals surface area contributed by atoms with Gasteiger partial charge in [0.05, 0.1) is 12.9 Å². The summed E-state index contributed by atoms with van der Waals surface area (Å²) in [4.78, 5) is 42.4. The number of carbonyl (C=O) groups is 2. The summed E-state index contributed by atoms with van der Waals surface area (Å²) in [6.07, 6.45) is 1.84. The van der Waals surface area contributed by atoms with Crippen LogP contribution in [0.3, 0.4) is 0 Å². The summed E-state index contributed by atoms with van der Waals surface area (Å²) in [6.45, 7) is 4.07. The Balaban J connectivity index is 1.94. The van der Waals surface area contributed by atoms with Gasteiger partial charge in [0.1, 0.15) is 17.1 Å². The molecule has 2 aromatic heterocycles. The fourth-order valence-electron chi connectivity index (χ4n) is 2.45. The van der Waals surface area contributed by atoms with E-state index in [1.807, 2.05) is 13.8 Å². The van der Waals surface area contributed by atoms with Crippen molar-refractivity contribution in [3.05, 3.63) is 22.4 Å². The smallest absolute Gasteiger partial charge is 0.329 e. The van der Waals surface area contributed by atoms with Crippen LogP contribution in [0.25, 0.3) is 11.0 Å². The molecule has 9 heteroatoms. The van der Waals surface area contributed by atoms with Crippen LogP contribution in [0.4, 0.5) is 0 Å². The summed E-state index contributed by atoms with van der Waals surface area (Å²) in [5.74, 6) is -1.08. The molecule has 1 saturated heterocycles. The molecule has 9 nitrogen and oxygen atoms in total. The Labute approximate surface area is 124 Å². The maximum atomic E-state index is 12.4. The highest BCUT2D eigenvalue weighted by atomic mass is 16.5. The van der Waals surface area contributed by atoms with Gasteiger partial charge in [-0.25, -0.2) is 9.78 Å². The van der Waals surface area contributed by atoms with E-state index in [1.54, 1.807) is 0 Å². The van der Waals surface area contributed by atoms with Crippen molar-refractivity contribution >= 4 is 22.9 Å². The summed E-state index contributed by atoms with van der Waals surface area (Å²) in [5.41, 5.74) is -0.807. The Morgan fingerprint density at radius 1 is 1.45 bits per heavy atom. The molecule has 22 heavy (non-hydrogen) atoms. The molecule has 0 radical (unpaired) electrons. The second-order valence-electron chi connectivity index (χ2n) is 5.84. The van der Waals surface area contributed by atoms with Gasteiger partial charge in [0.2, 0.25) is 0 Å². The van der Waals surface area contributed by atoms with Crippen molar-refractivity contribution in [2.45, 2.75) is 26.3 Å². The van der Waals surface area contributed by atoms with Gasteiger partial charge in [0.25, 0.3) is 11.5 Å². The predicted octanol–water partition coefficient (Wildman–Crippen LogP) is -0.282. The van der Waals surface area contributed by atoms with E-state index in [-0.39, 0.29) is 16.7 Å². The van der Waals surface area contributed by atoms with Crippen LogP contribution in [-0.2, 0) is 9.53 Å². The van der Waals surface area contributed by atoms with Crippen molar-refractivity contribution in [2.24, 2.45) is 5.41 Å². The number of fused-ring (bicyclic) bond motifs is 1. The van der Waals surface area contributed by atoms with Crippen molar-refractivity contribution in [3.63, 3.8) is 0 Å². The molecule has 0 saturated carbocycles. The lowest BCUT2D eigenvalue weighted by molar-refractivity contribution is -0.156. The number of rotatable bonds is 2. The lowest BCUT2D eigenvalue weighted by atomic mass is 9.80. The highest BCUT2D eigenvalue weighted by Gasteiger charge is 2.41. The van der Waals surface area contributed by atoms with E-state index in [9.17, 15) is 14.4 Å². The maximum Gasteiger partial charge on any atom is 0.329 e. The Morgan fingerprint density at radius 2 is 2.23 bits per heavy atom. The van der Waals surface area contributed by atoms with Gasteiger partial charge in [-0.1, -0.05) is 13.8 Å². The summed E-state index contributed by atoms with van der Waals surface area (Å²) in [5, 5.41) is 8.98. The van der Waals surface area contributed by atoms with Crippen LogP contribution in [0.5, 0.6) is 0 Å². The number of amides is 1. The van der Waals surface area contributed by atoms with Gasteiger partial charge in [-0.2, -0.15) is 5.10 Å². The van der Waals surface area contributed by atoms with E-state index in [4.69, 9.17) is 4.74 Å². The van der Waals surface area contributed by atoms with Crippen LogP contribution in [0.1, 0.15) is 30.8 Å². The minimum absolute atomic E-state index is 0.0291. The molecule has 1 unspecified atom stereocenters. The monoisotopic (exact) mass is 305 g/mol. The molecule has 0 spiro atoms. The fraction of sp³-hybridized carbons (Fsp3) is 0.462. The van der Waals surface area contributed by atoms with E-state index >= 15 is 0 Å². The molecule has 116 valence electrons. The second-order valence-corrected chi connectivity index (χ2v) is 5.84. The molecule has 1 atom stereocenters. The zero-order chi connectivity index (χ0) is 15.9. The molecule has 3 rings (SSSR count). The molecular formula is C13H15N5O4. The summed E-state index contributed by atoms with van der Waals surface area (Å²) < 4.78 is 5.00. The highest BCUT2D eigenvalue weighted by Crippen LogP contribution is 2.30. The molecule has 3 heterocycles. The number of H-pyrrole nitrogens is 2. The van der Waals surface area contributed by atoms with Crippen LogP contribution in [0.2, 0.25) is 0 Å². The largest absolute Gasteiger partial charge is 0.464 e. The van der Waals surface area contributed by atoms with Gasteiger partial charge >= 0.3 is 5.97 Å². The Kier molecular flexibility index (Phi) is 3.19. The first-order chi connectivity index (χ1) is 10.4. The van der Waals surface area contributed by atoms with Gasteiger partial charge in [-0.15, -0.1) is 0 Å². The Morgan fingerprint density at radius 3 is 2.95 bits per heavy atom. The topological polar surface area (TPSA) is 130 Å². The first kappa shape index (κ1) is 14.2. The number of hydrogen-bond donors (Lipinski definition) is 3. The number of aromatic nitrogens is 4. The molecule has 1 aliphatic rings. The number of nitrogens with one attached hydrogen (secondary N) is 3. The number of esters is 1. The van der Waals surface area contributed by atoms with Crippen molar-refractivity contribution in [2.75, 3.05) is 6.61 Å². The normalized spacial score (nSPS) is 20.6. The third kappa shape index (κ3) is 2.24. The van der Waals surface area contributed by atoms with Crippen molar-refractivity contribution in [1.29, 1.82) is 0 Å². The van der Waals surface area contributed by atoms with Crippen LogP contribution < -0.4 is 10.9 Å². The molecule has 0 aromatic carbocycles. The zero-order valence-corrected chi connectivity index (χ0v) is 12.1. The minimum Gasteiger partial charge on any atom is -0.464 e. The Bertz CT molecular complexity index is 806. The fourth-order valence-corrected chi connectivity index (χ4v) is 2.45. The Hall–Kier alpha value is -2.71. The van der Waals surface area contributed by atoms with Crippen molar-refractivity contribution in [3.8, 4) is 0 Å². The highest BCUT2D eigenvalue weighted by molar-refractivity contribution is 6.04. The standard InChI is InChI=1S/C13H15N5O4/c1-13(2)3-4-22-12(21)8(13)16-11(20)7-6-9(18-17-7)14-5-15-10(6)19/h5,8H,3-4H2,1-2H3,(H,16,20)(H2,14,15,17,18,19). The van der Waals surface area contributed by atoms with E-state index in [1.165, 1.54) is 6.33 Å². The molecule has 3 N–H and O–H groups in total. The first-order valence-corrected chi connectivity index (χ1v) is 6.79. The summed E-state index contributed by atoms with van der Waals surface area (Å²) >= 11 is 0. The van der Waals surface area contributed by atoms with Gasteiger partial charge in [0.15, 0.2) is 5.65 Å². The minimum atomic E-state index is -0.789. The molecule has 1 amide bonds. The van der Waals surface area contributed by atoms with Crippen molar-refractivity contribution < 1.29 is 14.3 Å². The average Bonchev–Trinajstić information content (AvgIpc) is 2.88. The van der Waals surface area contributed by atoms with Gasteiger partial charge < -0.3 is 15.0 Å². The average molecular weight is 305 g/mol. The van der Waals surface area contributed by atoms with Gasteiger partial charge in [-0.05, 0) is 11.8 Å². The molecule has 2 aromatic rings. The maximum absolute atomic E-state index is 12.4. The van der Waals surface area contributed by atoms with Crippen LogP contribution in [0.15, 0.2) is 11.1 Å². The van der Waals surface area contributed by atoms with E-state index in [2.05, 4.69) is 25.5 Å². The number of hydrogen-bond acceptors (Lipinski definition) is 6. The summed E-state index contributed by atoms with van der Waals surface area (Å²) in [6, 6.07) is -0.789. The summed E-state index contributed by atoms with van der Waals surface area (Å²) in [7, 11) is 0. The lowest BCUT2D eigenvalue weighted by Crippen LogP contribution is -2.54. The number of carbonyl (C=O) groups excluding carboxylic acids is 2. The number of ether oxygens (including phenoxy) is 1. The number of aromatic amines is 2. The molecule has 0 aliphatic carbocycles. The quantitative estimate of drug-likeness (QED) is 0.654. The zero-order valence-electron chi connectivity index (χ0n) is 12.1. The van der Waals surface area contributed by atoms with Gasteiger partial charge in [-0.3, -0.25) is 14.7 Å². The van der Waals surface area contributed by atoms with Crippen LogP contribution in [0, 0.1) is 5.41 Å². The third-order valence-corrected chi connectivity index (χ3v) is 3.87. The molecule has 1 fully saturated rings. The SMILES string of the molecule is CC1(C)CCOC(=O)C1NC(=O)c1[nH]nc2nc[nH]c(=O)c12. The van der Waals surface area contributed by atoms with E-state index < -0.39 is 28.9 Å². The van der Waals surface area contributed by atoms with E-state index in [0.717, 1.165) is 0 Å². The third-order valence-electron chi connectivity index (χ3n) is 3.87. The van der Waals surface area contributed by atoms with Crippen molar-refractivity contribution in [1.82, 2.24) is 25.5 Å². The van der Waals surface area contributed by atoms with Crippen LogP contribution >= 0.6 is 0 Å². The molecular weight excluding hydrogens is 290 g/mol. The second kappa shape index (κ2) is 4.93. The first-order valence-electron chi connectivity index (χ1n) is 6.79. The predicted molar refractivity (Wildman–Crippen MR) is 75.1 cm³/mol. The van der Waals surface area contributed by atoms with E-state index in [0.29, 0.717) is 13.0 Å².